The van der Waals surface area contributed by atoms with Crippen LogP contribution < -0.4 is 0 Å². The van der Waals surface area contributed by atoms with Crippen LogP contribution in [0.5, 0.6) is 0 Å². The molecule has 1 aliphatic rings. The van der Waals surface area contributed by atoms with Crippen LogP contribution in [0.4, 0.5) is 4.39 Å². The van der Waals surface area contributed by atoms with Crippen LogP contribution in [-0.2, 0) is 32.6 Å². The van der Waals surface area contributed by atoms with E-state index in [1.54, 1.807) is 32.0 Å². The quantitative estimate of drug-likeness (QED) is 0.193. The molecule has 2 aromatic carbocycles. The van der Waals surface area contributed by atoms with Crippen molar-refractivity contribution in [2.24, 2.45) is 0 Å². The van der Waals surface area contributed by atoms with Crippen molar-refractivity contribution >= 4 is 31.3 Å². The zero-order valence-electron chi connectivity index (χ0n) is 20.3. The van der Waals surface area contributed by atoms with Gasteiger partial charge in [-0.1, -0.05) is 36.4 Å². The van der Waals surface area contributed by atoms with Gasteiger partial charge in [0.05, 0.1) is 24.9 Å². The number of ether oxygens (including phenoxy) is 3. The Kier molecular flexibility index (Phi) is 10.5. The van der Waals surface area contributed by atoms with E-state index in [1.165, 1.54) is 23.9 Å². The first-order valence-electron chi connectivity index (χ1n) is 11.6. The number of alkyl halides is 1. The lowest BCUT2D eigenvalue weighted by Gasteiger charge is -2.28. The van der Waals surface area contributed by atoms with Gasteiger partial charge in [0.15, 0.2) is 12.3 Å². The Balaban J connectivity index is 1.85. The van der Waals surface area contributed by atoms with E-state index in [1.807, 2.05) is 30.3 Å². The van der Waals surface area contributed by atoms with Gasteiger partial charge in [-0.25, -0.2) is 9.18 Å². The number of carbonyl (C=O) groups excluding carboxylic acids is 2. The Labute approximate surface area is 214 Å². The average Bonchev–Trinajstić information content (AvgIpc) is 3.13. The summed E-state index contributed by atoms with van der Waals surface area (Å²) < 4.78 is 56.7. The molecule has 0 spiro atoms. The number of thioether (sulfide) groups is 1. The normalized spacial score (nSPS) is 22.7. The van der Waals surface area contributed by atoms with E-state index < -0.39 is 49.2 Å². The van der Waals surface area contributed by atoms with Crippen molar-refractivity contribution < 1.29 is 41.8 Å². The lowest BCUT2D eigenvalue weighted by Crippen LogP contribution is -2.37. The van der Waals surface area contributed by atoms with Gasteiger partial charge < -0.3 is 23.3 Å². The van der Waals surface area contributed by atoms with Crippen molar-refractivity contribution in [1.29, 1.82) is 0 Å². The summed E-state index contributed by atoms with van der Waals surface area (Å²) in [5, 5.41) is 0. The molecule has 0 bridgehead atoms. The third kappa shape index (κ3) is 7.40. The van der Waals surface area contributed by atoms with Crippen molar-refractivity contribution in [1.82, 2.24) is 0 Å². The molecule has 0 amide bonds. The number of rotatable bonds is 12. The van der Waals surface area contributed by atoms with Gasteiger partial charge in [-0.05, 0) is 38.1 Å². The van der Waals surface area contributed by atoms with E-state index in [2.05, 4.69) is 0 Å². The van der Waals surface area contributed by atoms with Gasteiger partial charge in [0, 0.05) is 18.2 Å². The van der Waals surface area contributed by atoms with Gasteiger partial charge >= 0.3 is 19.5 Å². The highest BCUT2D eigenvalue weighted by molar-refractivity contribution is 8.05. The molecule has 11 heteroatoms. The number of hydrogen-bond donors (Lipinski definition) is 0. The second-order valence-corrected chi connectivity index (χ2v) is 11.7. The first-order valence-corrected chi connectivity index (χ1v) is 14.1. The van der Waals surface area contributed by atoms with Gasteiger partial charge in [-0.2, -0.15) is 0 Å². The van der Waals surface area contributed by atoms with Crippen molar-refractivity contribution in [3.8, 4) is 0 Å². The molecule has 0 N–H and O–H groups in total. The van der Waals surface area contributed by atoms with Crippen LogP contribution in [0.2, 0.25) is 0 Å². The van der Waals surface area contributed by atoms with Gasteiger partial charge in [0.1, 0.15) is 4.99 Å². The molecule has 1 saturated heterocycles. The second-order valence-electron chi connectivity index (χ2n) is 7.83. The Bertz CT molecular complexity index is 1030. The van der Waals surface area contributed by atoms with Crippen molar-refractivity contribution in [2.75, 3.05) is 13.2 Å². The summed E-state index contributed by atoms with van der Waals surface area (Å²) >= 11 is 1.22. The largest absolute Gasteiger partial charge is 0.449 e. The van der Waals surface area contributed by atoms with E-state index >= 15 is 4.39 Å². The zero-order chi connectivity index (χ0) is 26.1. The molecular formula is C25H30FO8PS. The molecule has 0 aromatic heterocycles. The predicted molar refractivity (Wildman–Crippen MR) is 133 cm³/mol. The fourth-order valence-electron chi connectivity index (χ4n) is 3.68. The maximum Gasteiger partial charge on any atom is 0.343 e. The van der Waals surface area contributed by atoms with Crippen LogP contribution >= 0.6 is 19.4 Å². The summed E-state index contributed by atoms with van der Waals surface area (Å²) in [7, 11) is -3.72. The molecule has 8 nitrogen and oxygen atoms in total. The summed E-state index contributed by atoms with van der Waals surface area (Å²) in [5.41, 5.74) is 0.212. The standard InChI is InChI=1S/C25H30FO8PS/c1-4-30-35(29,31-5-2)21(36-19-14-10-7-11-15-19)16-20-22(26)23(25(33-20)32-17(3)27)34-24(28)18-12-8-6-9-13-18/h6-15,20-23,25H,4-5,16H2,1-3H3/t20-,21?,22+,23-,25-/m1/s1. The summed E-state index contributed by atoms with van der Waals surface area (Å²) in [6, 6.07) is 17.2. The molecule has 1 aliphatic heterocycles. The smallest absolute Gasteiger partial charge is 0.343 e. The molecule has 3 rings (SSSR count). The van der Waals surface area contributed by atoms with Crippen molar-refractivity contribution in [3.05, 3.63) is 66.2 Å². The molecule has 5 atom stereocenters. The number of carbonyl (C=O) groups is 2. The molecule has 1 fully saturated rings. The SMILES string of the molecule is CCOP(=O)(OCC)C(C[C@H]1O[C@@H](OC(C)=O)[C@H](OC(=O)c2ccccc2)[C@H]1F)Sc1ccccc1. The maximum absolute atomic E-state index is 15.7. The Morgan fingerprint density at radius 3 is 2.14 bits per heavy atom. The third-order valence-corrected chi connectivity index (χ3v) is 9.45. The lowest BCUT2D eigenvalue weighted by atomic mass is 10.1. The van der Waals surface area contributed by atoms with Crippen LogP contribution in [0.25, 0.3) is 0 Å². The molecule has 36 heavy (non-hydrogen) atoms. The minimum absolute atomic E-state index is 0.116. The maximum atomic E-state index is 15.7. The highest BCUT2D eigenvalue weighted by Crippen LogP contribution is 2.60. The molecular weight excluding hydrogens is 510 g/mol. The number of esters is 2. The minimum Gasteiger partial charge on any atom is -0.449 e. The van der Waals surface area contributed by atoms with Gasteiger partial charge in [0.25, 0.3) is 0 Å². The fourth-order valence-corrected chi connectivity index (χ4v) is 7.43. The monoisotopic (exact) mass is 540 g/mol. The van der Waals surface area contributed by atoms with Crippen LogP contribution in [0, 0.1) is 0 Å². The van der Waals surface area contributed by atoms with E-state index in [4.69, 9.17) is 23.3 Å². The summed E-state index contributed by atoms with van der Waals surface area (Å²) in [6.07, 6.45) is -6.16. The molecule has 0 aliphatic carbocycles. The lowest BCUT2D eigenvalue weighted by molar-refractivity contribution is -0.186. The minimum atomic E-state index is -3.72. The van der Waals surface area contributed by atoms with E-state index in [9.17, 15) is 14.2 Å². The summed E-state index contributed by atoms with van der Waals surface area (Å²) in [5.74, 6) is -1.51. The first kappa shape index (κ1) is 28.3. The van der Waals surface area contributed by atoms with Gasteiger partial charge in [0.2, 0.25) is 6.29 Å². The highest BCUT2D eigenvalue weighted by Gasteiger charge is 2.52. The predicted octanol–water partition coefficient (Wildman–Crippen LogP) is 5.61. The average molecular weight is 541 g/mol. The highest BCUT2D eigenvalue weighted by atomic mass is 32.2. The molecule has 0 radical (unpaired) electrons. The third-order valence-electron chi connectivity index (χ3n) is 5.20. The molecule has 196 valence electrons. The first-order chi connectivity index (χ1) is 17.3. The topological polar surface area (TPSA) is 97.4 Å². The number of benzene rings is 2. The van der Waals surface area contributed by atoms with Gasteiger partial charge in [-0.15, -0.1) is 11.8 Å². The number of halogens is 1. The van der Waals surface area contributed by atoms with Gasteiger partial charge in [-0.3, -0.25) is 9.36 Å². The van der Waals surface area contributed by atoms with Crippen molar-refractivity contribution in [3.63, 3.8) is 0 Å². The molecule has 0 saturated carbocycles. The Morgan fingerprint density at radius 2 is 1.58 bits per heavy atom. The number of hydrogen-bond acceptors (Lipinski definition) is 9. The van der Waals surface area contributed by atoms with E-state index in [0.29, 0.717) is 0 Å². The van der Waals surface area contributed by atoms with E-state index in [0.717, 1.165) is 11.8 Å². The van der Waals surface area contributed by atoms with Crippen LogP contribution in [0.3, 0.4) is 0 Å². The Morgan fingerprint density at radius 1 is 1.00 bits per heavy atom. The van der Waals surface area contributed by atoms with Crippen molar-refractivity contribution in [2.45, 2.75) is 61.7 Å². The van der Waals surface area contributed by atoms with E-state index in [-0.39, 0.29) is 25.2 Å². The summed E-state index contributed by atoms with van der Waals surface area (Å²) in [4.78, 5) is 24.2. The van der Waals surface area contributed by atoms with Crippen LogP contribution in [-0.4, -0.2) is 54.8 Å². The summed E-state index contributed by atoms with van der Waals surface area (Å²) in [6.45, 7) is 4.78. The van der Waals surface area contributed by atoms with Crippen LogP contribution in [0.15, 0.2) is 65.6 Å². The molecule has 1 unspecified atom stereocenters. The fraction of sp³-hybridized carbons (Fsp3) is 0.440. The Hall–Kier alpha value is -2.23. The molecule has 2 aromatic rings. The van der Waals surface area contributed by atoms with Crippen LogP contribution in [0.1, 0.15) is 37.6 Å². The zero-order valence-corrected chi connectivity index (χ0v) is 22.0. The molecule has 1 heterocycles. The second kappa shape index (κ2) is 13.4.